The Kier molecular flexibility index (Phi) is 10.9. The number of benzene rings is 4. The molecule has 5 rings (SSSR count). The first kappa shape index (κ1) is 34.4. The summed E-state index contributed by atoms with van der Waals surface area (Å²) in [6.45, 7) is 8.54. The first-order valence-electron chi connectivity index (χ1n) is 15.9. The number of carbonyl (C=O) groups excluding carboxylic acids is 1. The van der Waals surface area contributed by atoms with E-state index in [2.05, 4.69) is 35.1 Å². The fourth-order valence-electron chi connectivity index (χ4n) is 5.56. The van der Waals surface area contributed by atoms with E-state index in [4.69, 9.17) is 14.2 Å². The van der Waals surface area contributed by atoms with E-state index in [9.17, 15) is 18.3 Å². The molecule has 3 atom stereocenters. The van der Waals surface area contributed by atoms with Gasteiger partial charge < -0.3 is 24.2 Å². The number of nitrogens with zero attached hydrogens (tertiary/aromatic N) is 1. The van der Waals surface area contributed by atoms with Gasteiger partial charge in [-0.25, -0.2) is 17.9 Å². The lowest BCUT2D eigenvalue weighted by atomic mass is 9.87. The minimum Gasteiger partial charge on any atom is -0.491 e. The summed E-state index contributed by atoms with van der Waals surface area (Å²) in [5, 5.41) is 12.7. The van der Waals surface area contributed by atoms with Gasteiger partial charge in [0, 0.05) is 19.0 Å². The van der Waals surface area contributed by atoms with Crippen LogP contribution >= 0.6 is 0 Å². The smallest absolute Gasteiger partial charge is 0.410 e. The van der Waals surface area contributed by atoms with Gasteiger partial charge in [0.05, 0.1) is 24.2 Å². The van der Waals surface area contributed by atoms with Crippen LogP contribution in [0.1, 0.15) is 49.8 Å². The number of amides is 1. The van der Waals surface area contributed by atoms with Gasteiger partial charge in [-0.15, -0.1) is 0 Å². The van der Waals surface area contributed by atoms with Crippen LogP contribution in [0.5, 0.6) is 5.75 Å². The zero-order valence-electron chi connectivity index (χ0n) is 27.4. The molecule has 0 bridgehead atoms. The summed E-state index contributed by atoms with van der Waals surface area (Å²) in [5.41, 5.74) is 2.47. The largest absolute Gasteiger partial charge is 0.491 e. The summed E-state index contributed by atoms with van der Waals surface area (Å²) >= 11 is 0. The zero-order chi connectivity index (χ0) is 33.6. The van der Waals surface area contributed by atoms with E-state index < -0.39 is 21.7 Å². The molecule has 3 unspecified atom stereocenters. The Morgan fingerprint density at radius 1 is 0.979 bits per heavy atom. The molecule has 1 heterocycles. The Morgan fingerprint density at radius 2 is 1.68 bits per heavy atom. The summed E-state index contributed by atoms with van der Waals surface area (Å²) in [6, 6.07) is 28.6. The lowest BCUT2D eigenvalue weighted by molar-refractivity contribution is -0.0359. The molecule has 1 fully saturated rings. The molecule has 4 aromatic rings. The molecule has 1 aliphatic heterocycles. The Hall–Kier alpha value is -3.96. The molecule has 9 nitrogen and oxygen atoms in total. The standard InChI is InChI=1S/C37H44N2O7S/c1-26-9-17-33(18-10-26)47(42,43)38-22-31(40)25-44-32-15-13-29(14-16-32)34-19-20-39(36(41)46-37(2,3)4)23-35(34)45-24-27-11-12-28-7-5-6-8-30(28)21-27/h5-18,21,31,34-35,38,40H,19-20,22-25H2,1-4H3. The zero-order valence-corrected chi connectivity index (χ0v) is 28.2. The minimum absolute atomic E-state index is 0.0324. The van der Waals surface area contributed by atoms with Gasteiger partial charge in [0.2, 0.25) is 10.0 Å². The predicted molar refractivity (Wildman–Crippen MR) is 182 cm³/mol. The molecule has 4 aromatic carbocycles. The highest BCUT2D eigenvalue weighted by molar-refractivity contribution is 7.89. The van der Waals surface area contributed by atoms with Gasteiger partial charge in [-0.05, 0) is 86.3 Å². The molecule has 0 aliphatic carbocycles. The van der Waals surface area contributed by atoms with Gasteiger partial charge in [0.1, 0.15) is 24.1 Å². The quantitative estimate of drug-likeness (QED) is 0.198. The first-order valence-corrected chi connectivity index (χ1v) is 17.4. The third kappa shape index (κ3) is 9.54. The van der Waals surface area contributed by atoms with E-state index in [1.54, 1.807) is 17.0 Å². The fourth-order valence-corrected chi connectivity index (χ4v) is 6.63. The summed E-state index contributed by atoms with van der Waals surface area (Å²) < 4.78 is 45.5. The van der Waals surface area contributed by atoms with Crippen molar-refractivity contribution in [2.24, 2.45) is 0 Å². The van der Waals surface area contributed by atoms with Crippen LogP contribution in [0.15, 0.2) is 95.9 Å². The number of aliphatic hydroxyl groups is 1. The average Bonchev–Trinajstić information content (AvgIpc) is 3.05. The van der Waals surface area contributed by atoms with Crippen LogP contribution in [0.25, 0.3) is 10.8 Å². The van der Waals surface area contributed by atoms with E-state index in [1.165, 1.54) is 17.5 Å². The van der Waals surface area contributed by atoms with Crippen molar-refractivity contribution in [3.63, 3.8) is 0 Å². The second-order valence-electron chi connectivity index (χ2n) is 13.1. The topological polar surface area (TPSA) is 114 Å². The Balaban J connectivity index is 1.21. The highest BCUT2D eigenvalue weighted by Crippen LogP contribution is 2.33. The number of aryl methyl sites for hydroxylation is 1. The number of fused-ring (bicyclic) bond motifs is 1. The van der Waals surface area contributed by atoms with Crippen LogP contribution in [0.4, 0.5) is 4.79 Å². The maximum Gasteiger partial charge on any atom is 0.410 e. The number of hydrogen-bond donors (Lipinski definition) is 2. The van der Waals surface area contributed by atoms with E-state index in [1.807, 2.05) is 64.1 Å². The van der Waals surface area contributed by atoms with Crippen LogP contribution < -0.4 is 9.46 Å². The fraction of sp³-hybridized carbons (Fsp3) is 0.378. The maximum atomic E-state index is 13.0. The first-order chi connectivity index (χ1) is 22.4. The van der Waals surface area contributed by atoms with Crippen LogP contribution in [-0.4, -0.2) is 68.6 Å². The SMILES string of the molecule is Cc1ccc(S(=O)(=O)NCC(O)COc2ccc(C3CCN(C(=O)OC(C)(C)C)CC3OCc3ccc4ccccc4c3)cc2)cc1. The van der Waals surface area contributed by atoms with Gasteiger partial charge in [-0.2, -0.15) is 0 Å². The Bertz CT molecular complexity index is 1750. The number of piperidine rings is 1. The third-order valence-electron chi connectivity index (χ3n) is 8.08. The third-order valence-corrected chi connectivity index (χ3v) is 9.52. The lowest BCUT2D eigenvalue weighted by Crippen LogP contribution is -2.48. The van der Waals surface area contributed by atoms with Crippen molar-refractivity contribution < 1.29 is 32.5 Å². The Morgan fingerprint density at radius 3 is 2.38 bits per heavy atom. The van der Waals surface area contributed by atoms with Crippen molar-refractivity contribution >= 4 is 26.9 Å². The molecule has 2 N–H and O–H groups in total. The summed E-state index contributed by atoms with van der Waals surface area (Å²) in [4.78, 5) is 14.8. The van der Waals surface area contributed by atoms with Crippen molar-refractivity contribution in [2.75, 3.05) is 26.2 Å². The average molecular weight is 661 g/mol. The van der Waals surface area contributed by atoms with Gasteiger partial charge in [-0.1, -0.05) is 66.2 Å². The Labute approximate surface area is 277 Å². The van der Waals surface area contributed by atoms with Gasteiger partial charge in [-0.3, -0.25) is 0 Å². The van der Waals surface area contributed by atoms with Crippen LogP contribution in [-0.2, 0) is 26.1 Å². The number of aliphatic hydroxyl groups excluding tert-OH is 1. The second kappa shape index (κ2) is 14.9. The van der Waals surface area contributed by atoms with E-state index in [0.29, 0.717) is 31.9 Å². The summed E-state index contributed by atoms with van der Waals surface area (Å²) in [6.07, 6.45) is -0.960. The molecule has 250 valence electrons. The van der Waals surface area contributed by atoms with E-state index >= 15 is 0 Å². The second-order valence-corrected chi connectivity index (χ2v) is 14.8. The molecular formula is C37H44N2O7S. The van der Waals surface area contributed by atoms with Crippen molar-refractivity contribution in [1.82, 2.24) is 9.62 Å². The summed E-state index contributed by atoms with van der Waals surface area (Å²) in [5.74, 6) is 0.582. The number of sulfonamides is 1. The minimum atomic E-state index is -3.74. The van der Waals surface area contributed by atoms with Crippen LogP contribution in [0, 0.1) is 6.92 Å². The molecule has 0 saturated carbocycles. The van der Waals surface area contributed by atoms with E-state index in [0.717, 1.165) is 22.1 Å². The van der Waals surface area contributed by atoms with Crippen molar-refractivity contribution in [3.05, 3.63) is 108 Å². The number of rotatable bonds is 11. The number of carbonyl (C=O) groups is 1. The molecule has 1 amide bonds. The van der Waals surface area contributed by atoms with Crippen molar-refractivity contribution in [1.29, 1.82) is 0 Å². The molecule has 0 radical (unpaired) electrons. The molecule has 1 saturated heterocycles. The highest BCUT2D eigenvalue weighted by atomic mass is 32.2. The van der Waals surface area contributed by atoms with Crippen molar-refractivity contribution in [2.45, 2.75) is 69.3 Å². The van der Waals surface area contributed by atoms with Crippen molar-refractivity contribution in [3.8, 4) is 5.75 Å². The normalized spacial score (nSPS) is 17.8. The molecule has 10 heteroatoms. The van der Waals surface area contributed by atoms with Gasteiger partial charge >= 0.3 is 6.09 Å². The van der Waals surface area contributed by atoms with Crippen LogP contribution in [0.2, 0.25) is 0 Å². The lowest BCUT2D eigenvalue weighted by Gasteiger charge is -2.39. The number of ether oxygens (including phenoxy) is 3. The molecule has 0 aromatic heterocycles. The molecular weight excluding hydrogens is 616 g/mol. The predicted octanol–water partition coefficient (Wildman–Crippen LogP) is 6.18. The van der Waals surface area contributed by atoms with Gasteiger partial charge in [0.15, 0.2) is 0 Å². The number of likely N-dealkylation sites (tertiary alicyclic amines) is 1. The molecule has 0 spiro atoms. The number of nitrogens with one attached hydrogen (secondary N) is 1. The highest BCUT2D eigenvalue weighted by Gasteiger charge is 2.35. The maximum absolute atomic E-state index is 13.0. The molecule has 47 heavy (non-hydrogen) atoms. The van der Waals surface area contributed by atoms with Gasteiger partial charge in [0.25, 0.3) is 0 Å². The number of hydrogen-bond acceptors (Lipinski definition) is 7. The monoisotopic (exact) mass is 660 g/mol. The summed E-state index contributed by atoms with van der Waals surface area (Å²) in [7, 11) is -3.74. The van der Waals surface area contributed by atoms with Crippen LogP contribution in [0.3, 0.4) is 0 Å². The van der Waals surface area contributed by atoms with E-state index in [-0.39, 0.29) is 36.2 Å². The molecule has 1 aliphatic rings.